The number of aliphatic hydroxyl groups is 1. The minimum Gasteiger partial charge on any atom is -0.481 e. The molecular formula is C15H14O2. The number of hydrogen-bond donors (Lipinski definition) is 1. The predicted octanol–water partition coefficient (Wildman–Crippen LogP) is 2.73. The molecule has 0 radical (unpaired) electrons. The van der Waals surface area contributed by atoms with Crippen LogP contribution in [-0.4, -0.2) is 11.7 Å². The van der Waals surface area contributed by atoms with Crippen LogP contribution < -0.4 is 4.74 Å². The Bertz CT molecular complexity index is 576. The van der Waals surface area contributed by atoms with E-state index in [1.807, 2.05) is 36.4 Å². The molecule has 0 spiro atoms. The van der Waals surface area contributed by atoms with Gasteiger partial charge in [0.15, 0.2) is 0 Å². The van der Waals surface area contributed by atoms with Crippen molar-refractivity contribution in [3.05, 3.63) is 42.0 Å². The van der Waals surface area contributed by atoms with Gasteiger partial charge in [0.05, 0.1) is 6.61 Å². The maximum Gasteiger partial charge on any atom is 0.149 e. The van der Waals surface area contributed by atoms with Crippen LogP contribution in [0.1, 0.15) is 12.5 Å². The second-order valence-electron chi connectivity index (χ2n) is 3.64. The van der Waals surface area contributed by atoms with Gasteiger partial charge in [-0.05, 0) is 23.8 Å². The molecule has 0 unspecified atom stereocenters. The van der Waals surface area contributed by atoms with Gasteiger partial charge in [-0.1, -0.05) is 36.3 Å². The Morgan fingerprint density at radius 3 is 2.76 bits per heavy atom. The van der Waals surface area contributed by atoms with Gasteiger partial charge in [-0.3, -0.25) is 0 Å². The molecule has 0 aliphatic carbocycles. The molecule has 0 heterocycles. The summed E-state index contributed by atoms with van der Waals surface area (Å²) >= 11 is 0. The highest BCUT2D eigenvalue weighted by atomic mass is 16.5. The zero-order valence-electron chi connectivity index (χ0n) is 9.73. The Kier molecular flexibility index (Phi) is 3.64. The van der Waals surface area contributed by atoms with Crippen molar-refractivity contribution in [3.8, 4) is 17.6 Å². The lowest BCUT2D eigenvalue weighted by molar-refractivity contribution is 0.272. The molecule has 86 valence electrons. The topological polar surface area (TPSA) is 29.5 Å². The van der Waals surface area contributed by atoms with Crippen molar-refractivity contribution < 1.29 is 9.84 Å². The molecule has 0 amide bonds. The summed E-state index contributed by atoms with van der Waals surface area (Å²) in [5, 5.41) is 11.6. The van der Waals surface area contributed by atoms with Crippen molar-refractivity contribution in [1.29, 1.82) is 0 Å². The van der Waals surface area contributed by atoms with E-state index >= 15 is 0 Å². The summed E-state index contributed by atoms with van der Waals surface area (Å²) in [7, 11) is 0. The fourth-order valence-corrected chi connectivity index (χ4v) is 1.80. The van der Waals surface area contributed by atoms with E-state index < -0.39 is 0 Å². The average molecular weight is 226 g/mol. The molecule has 0 saturated heterocycles. The molecule has 0 atom stereocenters. The van der Waals surface area contributed by atoms with Crippen LogP contribution in [0, 0.1) is 11.8 Å². The van der Waals surface area contributed by atoms with Crippen LogP contribution in [-0.2, 0) is 6.61 Å². The van der Waals surface area contributed by atoms with Gasteiger partial charge in [0.2, 0.25) is 0 Å². The largest absolute Gasteiger partial charge is 0.481 e. The second-order valence-corrected chi connectivity index (χ2v) is 3.64. The van der Waals surface area contributed by atoms with Crippen LogP contribution in [0.2, 0.25) is 0 Å². The number of fused-ring (bicyclic) bond motifs is 1. The lowest BCUT2D eigenvalue weighted by Crippen LogP contribution is -1.98. The minimum atomic E-state index is -0.0315. The van der Waals surface area contributed by atoms with Gasteiger partial charge in [0.1, 0.15) is 12.4 Å². The lowest BCUT2D eigenvalue weighted by atomic mass is 10.0. The van der Waals surface area contributed by atoms with Gasteiger partial charge in [-0.15, -0.1) is 5.92 Å². The van der Waals surface area contributed by atoms with Gasteiger partial charge >= 0.3 is 0 Å². The summed E-state index contributed by atoms with van der Waals surface area (Å²) < 4.78 is 5.54. The Morgan fingerprint density at radius 1 is 1.18 bits per heavy atom. The van der Waals surface area contributed by atoms with Gasteiger partial charge in [-0.2, -0.15) is 0 Å². The second kappa shape index (κ2) is 5.38. The van der Waals surface area contributed by atoms with Crippen molar-refractivity contribution in [2.75, 3.05) is 6.61 Å². The average Bonchev–Trinajstić information content (AvgIpc) is 2.38. The molecule has 2 nitrogen and oxygen atoms in total. The predicted molar refractivity (Wildman–Crippen MR) is 68.8 cm³/mol. The molecule has 0 fully saturated rings. The number of rotatable bonds is 3. The van der Waals surface area contributed by atoms with Crippen molar-refractivity contribution in [1.82, 2.24) is 0 Å². The maximum absolute atomic E-state index is 9.46. The summed E-state index contributed by atoms with van der Waals surface area (Å²) in [5.41, 5.74) is 0.820. The van der Waals surface area contributed by atoms with E-state index in [2.05, 4.69) is 11.8 Å². The van der Waals surface area contributed by atoms with Gasteiger partial charge in [0, 0.05) is 5.56 Å². The molecule has 2 aromatic rings. The molecule has 0 aliphatic rings. The van der Waals surface area contributed by atoms with E-state index in [-0.39, 0.29) is 6.61 Å². The summed E-state index contributed by atoms with van der Waals surface area (Å²) in [6.45, 7) is 2.09. The van der Waals surface area contributed by atoms with E-state index in [4.69, 9.17) is 4.74 Å². The molecule has 0 aliphatic heterocycles. The summed E-state index contributed by atoms with van der Waals surface area (Å²) in [6, 6.07) is 11.8. The van der Waals surface area contributed by atoms with E-state index in [1.165, 1.54) is 0 Å². The fourth-order valence-electron chi connectivity index (χ4n) is 1.80. The van der Waals surface area contributed by atoms with Crippen molar-refractivity contribution in [3.63, 3.8) is 0 Å². The van der Waals surface area contributed by atoms with Crippen molar-refractivity contribution >= 4 is 10.8 Å². The number of hydrogen-bond acceptors (Lipinski definition) is 2. The van der Waals surface area contributed by atoms with Crippen LogP contribution in [0.25, 0.3) is 10.8 Å². The van der Waals surface area contributed by atoms with Crippen LogP contribution >= 0.6 is 0 Å². The van der Waals surface area contributed by atoms with Crippen LogP contribution in [0.4, 0.5) is 0 Å². The van der Waals surface area contributed by atoms with Gasteiger partial charge in [0.25, 0.3) is 0 Å². The van der Waals surface area contributed by atoms with E-state index in [0.29, 0.717) is 12.4 Å². The summed E-state index contributed by atoms with van der Waals surface area (Å²) in [5.74, 6) is 6.32. The first kappa shape index (κ1) is 11.5. The van der Waals surface area contributed by atoms with E-state index in [0.717, 1.165) is 16.3 Å². The molecule has 2 rings (SSSR count). The number of aliphatic hydroxyl groups excluding tert-OH is 1. The highest BCUT2D eigenvalue weighted by molar-refractivity contribution is 5.87. The maximum atomic E-state index is 9.46. The molecule has 0 saturated carbocycles. The molecule has 1 N–H and O–H groups in total. The third-order valence-corrected chi connectivity index (χ3v) is 2.63. The highest BCUT2D eigenvalue weighted by Gasteiger charge is 2.06. The first-order valence-corrected chi connectivity index (χ1v) is 5.50. The SMILES string of the molecule is CC#CCOc1ccc2ccccc2c1CO. The lowest BCUT2D eigenvalue weighted by Gasteiger charge is -2.10. The fraction of sp³-hybridized carbons (Fsp3) is 0.200. The minimum absolute atomic E-state index is 0.0315. The quantitative estimate of drug-likeness (QED) is 0.815. The first-order chi connectivity index (χ1) is 8.36. The number of ether oxygens (including phenoxy) is 1. The molecule has 0 bridgehead atoms. The Labute approximate surface area is 101 Å². The van der Waals surface area contributed by atoms with Crippen LogP contribution in [0.5, 0.6) is 5.75 Å². The normalized spacial score (nSPS) is 9.76. The Balaban J connectivity index is 2.44. The Morgan fingerprint density at radius 2 is 2.00 bits per heavy atom. The first-order valence-electron chi connectivity index (χ1n) is 5.50. The standard InChI is InChI=1S/C15H14O2/c1-2-3-10-17-15-9-8-12-6-4-5-7-13(12)14(15)11-16/h4-9,16H,10-11H2,1H3. The van der Waals surface area contributed by atoms with Crippen molar-refractivity contribution in [2.45, 2.75) is 13.5 Å². The molecule has 0 aromatic heterocycles. The molecule has 2 aromatic carbocycles. The zero-order valence-corrected chi connectivity index (χ0v) is 9.73. The van der Waals surface area contributed by atoms with Crippen LogP contribution in [0.3, 0.4) is 0 Å². The van der Waals surface area contributed by atoms with Gasteiger partial charge < -0.3 is 9.84 Å². The van der Waals surface area contributed by atoms with Crippen molar-refractivity contribution in [2.24, 2.45) is 0 Å². The van der Waals surface area contributed by atoms with Gasteiger partial charge in [-0.25, -0.2) is 0 Å². The zero-order chi connectivity index (χ0) is 12.1. The third kappa shape index (κ3) is 2.41. The summed E-state index contributed by atoms with van der Waals surface area (Å²) in [4.78, 5) is 0. The highest BCUT2D eigenvalue weighted by Crippen LogP contribution is 2.27. The number of benzene rings is 2. The smallest absolute Gasteiger partial charge is 0.149 e. The van der Waals surface area contributed by atoms with E-state index in [9.17, 15) is 5.11 Å². The third-order valence-electron chi connectivity index (χ3n) is 2.63. The monoisotopic (exact) mass is 226 g/mol. The Hall–Kier alpha value is -1.98. The van der Waals surface area contributed by atoms with E-state index in [1.54, 1.807) is 6.92 Å². The summed E-state index contributed by atoms with van der Waals surface area (Å²) in [6.07, 6.45) is 0. The molecular weight excluding hydrogens is 212 g/mol. The van der Waals surface area contributed by atoms with Crippen LogP contribution in [0.15, 0.2) is 36.4 Å². The molecule has 2 heteroatoms. The molecule has 17 heavy (non-hydrogen) atoms.